The van der Waals surface area contributed by atoms with Crippen LogP contribution in [0, 0.1) is 6.92 Å². The van der Waals surface area contributed by atoms with Gasteiger partial charge in [0.25, 0.3) is 0 Å². The lowest BCUT2D eigenvalue weighted by molar-refractivity contribution is -0.116. The van der Waals surface area contributed by atoms with Crippen LogP contribution in [0.2, 0.25) is 0 Å². The van der Waals surface area contributed by atoms with Crippen molar-refractivity contribution in [3.8, 4) is 0 Å². The number of aryl methyl sites for hydroxylation is 1. The van der Waals surface area contributed by atoms with E-state index in [9.17, 15) is 4.79 Å². The third-order valence-electron chi connectivity index (χ3n) is 2.44. The van der Waals surface area contributed by atoms with Crippen LogP contribution < -0.4 is 22.5 Å². The van der Waals surface area contributed by atoms with Gasteiger partial charge in [0.1, 0.15) is 0 Å². The van der Waals surface area contributed by atoms with Crippen LogP contribution in [-0.4, -0.2) is 43.4 Å². The minimum Gasteiger partial charge on any atom is -0.370 e. The zero-order chi connectivity index (χ0) is 16.0. The summed E-state index contributed by atoms with van der Waals surface area (Å²) in [7, 11) is 3.64. The van der Waals surface area contributed by atoms with Crippen molar-refractivity contribution in [2.24, 2.45) is 27.2 Å². The van der Waals surface area contributed by atoms with E-state index in [1.165, 1.54) is 0 Å². The van der Waals surface area contributed by atoms with Crippen LogP contribution in [-0.2, 0) is 4.79 Å². The molecule has 0 aliphatic carbocycles. The molecule has 7 N–H and O–H groups in total. The molecule has 0 aromatic heterocycles. The van der Waals surface area contributed by atoms with E-state index in [1.807, 2.05) is 27.1 Å². The number of carbonyl (C=O) groups excluding carboxylic acids is 1. The van der Waals surface area contributed by atoms with E-state index in [1.54, 1.807) is 17.0 Å². The Kier molecular flexibility index (Phi) is 5.67. The van der Waals surface area contributed by atoms with E-state index >= 15 is 0 Å². The predicted molar refractivity (Wildman–Crippen MR) is 85.5 cm³/mol. The van der Waals surface area contributed by atoms with Crippen LogP contribution in [0.4, 0.5) is 11.4 Å². The molecule has 0 saturated heterocycles. The smallest absolute Gasteiger partial charge is 0.238 e. The van der Waals surface area contributed by atoms with Gasteiger partial charge in [-0.2, -0.15) is 4.99 Å². The quantitative estimate of drug-likeness (QED) is 0.447. The highest BCUT2D eigenvalue weighted by molar-refractivity contribution is 5.95. The molecule has 1 aromatic rings. The average molecular weight is 291 g/mol. The topological polar surface area (TPSA) is 135 Å². The molecule has 8 heteroatoms. The normalized spacial score (nSPS) is 11.3. The molecule has 0 unspecified atom stereocenters. The molecule has 1 amide bonds. The first-order valence-electron chi connectivity index (χ1n) is 6.27. The molecule has 0 heterocycles. The first-order valence-corrected chi connectivity index (χ1v) is 6.27. The van der Waals surface area contributed by atoms with Crippen LogP contribution in [0.3, 0.4) is 0 Å². The fourth-order valence-electron chi connectivity index (χ4n) is 1.58. The standard InChI is InChI=1S/C13H21N7O/c1-8-4-5-9(17-13(16)19-12(14)15)6-10(8)18-11(21)7-20(2)3/h4-6H,7H2,1-3H3,(H,18,21)(H6,14,15,16,17,19). The third kappa shape index (κ3) is 5.91. The summed E-state index contributed by atoms with van der Waals surface area (Å²) in [6.45, 7) is 2.18. The Bertz CT molecular complexity index is 574. The molecule has 0 saturated carbocycles. The van der Waals surface area contributed by atoms with Gasteiger partial charge in [-0.15, -0.1) is 0 Å². The number of nitrogens with two attached hydrogens (primary N) is 3. The molecule has 0 fully saturated rings. The molecule has 0 atom stereocenters. The molecular formula is C13H21N7O. The number of rotatable bonds is 4. The number of anilines is 1. The van der Waals surface area contributed by atoms with Crippen LogP contribution in [0.25, 0.3) is 0 Å². The Morgan fingerprint density at radius 2 is 1.95 bits per heavy atom. The number of likely N-dealkylation sites (N-methyl/N-ethyl adjacent to an activating group) is 1. The van der Waals surface area contributed by atoms with Crippen LogP contribution in [0.5, 0.6) is 0 Å². The highest BCUT2D eigenvalue weighted by Crippen LogP contribution is 2.22. The summed E-state index contributed by atoms with van der Waals surface area (Å²) in [6, 6.07) is 5.29. The number of hydrogen-bond acceptors (Lipinski definition) is 3. The van der Waals surface area contributed by atoms with E-state index in [4.69, 9.17) is 17.2 Å². The maximum Gasteiger partial charge on any atom is 0.238 e. The van der Waals surface area contributed by atoms with Crippen molar-refractivity contribution in [1.29, 1.82) is 0 Å². The number of nitrogens with one attached hydrogen (secondary N) is 1. The monoisotopic (exact) mass is 291 g/mol. The number of amides is 1. The van der Waals surface area contributed by atoms with Crippen molar-refractivity contribution in [1.82, 2.24) is 4.90 Å². The Hall–Kier alpha value is -2.61. The predicted octanol–water partition coefficient (Wildman–Crippen LogP) is -0.285. The van der Waals surface area contributed by atoms with Crippen LogP contribution in [0.15, 0.2) is 28.2 Å². The van der Waals surface area contributed by atoms with Gasteiger partial charge in [0.2, 0.25) is 11.9 Å². The third-order valence-corrected chi connectivity index (χ3v) is 2.44. The Morgan fingerprint density at radius 1 is 1.29 bits per heavy atom. The largest absolute Gasteiger partial charge is 0.370 e. The molecule has 1 rings (SSSR count). The summed E-state index contributed by atoms with van der Waals surface area (Å²) < 4.78 is 0. The number of guanidine groups is 2. The molecule has 1 aromatic carbocycles. The molecule has 8 nitrogen and oxygen atoms in total. The van der Waals surface area contributed by atoms with Gasteiger partial charge in [0, 0.05) is 5.69 Å². The summed E-state index contributed by atoms with van der Waals surface area (Å²) in [4.78, 5) is 21.3. The van der Waals surface area contributed by atoms with Gasteiger partial charge in [-0.3, -0.25) is 4.79 Å². The van der Waals surface area contributed by atoms with Gasteiger partial charge >= 0.3 is 0 Å². The van der Waals surface area contributed by atoms with Crippen molar-refractivity contribution in [2.45, 2.75) is 6.92 Å². The first kappa shape index (κ1) is 16.4. The van der Waals surface area contributed by atoms with Gasteiger partial charge in [0.15, 0.2) is 5.96 Å². The number of aliphatic imine (C=N–C) groups is 2. The van der Waals surface area contributed by atoms with Crippen molar-refractivity contribution < 1.29 is 4.79 Å². The molecule has 0 radical (unpaired) electrons. The van der Waals surface area contributed by atoms with E-state index in [2.05, 4.69) is 15.3 Å². The minimum absolute atomic E-state index is 0.0515. The summed E-state index contributed by atoms with van der Waals surface area (Å²) in [6.07, 6.45) is 0. The molecular weight excluding hydrogens is 270 g/mol. The van der Waals surface area contributed by atoms with E-state index in [-0.39, 0.29) is 17.8 Å². The van der Waals surface area contributed by atoms with Gasteiger partial charge in [-0.1, -0.05) is 6.07 Å². The second kappa shape index (κ2) is 7.25. The van der Waals surface area contributed by atoms with Crippen molar-refractivity contribution in [3.05, 3.63) is 23.8 Å². The molecule has 0 spiro atoms. The highest BCUT2D eigenvalue weighted by Gasteiger charge is 2.07. The minimum atomic E-state index is -0.164. The first-order chi connectivity index (χ1) is 9.77. The van der Waals surface area contributed by atoms with Gasteiger partial charge in [-0.05, 0) is 38.7 Å². The molecule has 114 valence electrons. The summed E-state index contributed by atoms with van der Waals surface area (Å²) >= 11 is 0. The molecule has 0 bridgehead atoms. The molecule has 0 aliphatic heterocycles. The summed E-state index contributed by atoms with van der Waals surface area (Å²) in [5.74, 6) is -0.325. The number of benzene rings is 1. The maximum absolute atomic E-state index is 11.8. The summed E-state index contributed by atoms with van der Waals surface area (Å²) in [5.41, 5.74) is 18.1. The Labute approximate surface area is 123 Å². The SMILES string of the molecule is Cc1ccc(N=C(N)N=C(N)N)cc1NC(=O)CN(C)C. The van der Waals surface area contributed by atoms with E-state index in [0.29, 0.717) is 17.9 Å². The molecule has 21 heavy (non-hydrogen) atoms. The Morgan fingerprint density at radius 3 is 2.52 bits per heavy atom. The fourth-order valence-corrected chi connectivity index (χ4v) is 1.58. The lowest BCUT2D eigenvalue weighted by atomic mass is 10.2. The number of hydrogen-bond donors (Lipinski definition) is 4. The van der Waals surface area contributed by atoms with E-state index < -0.39 is 0 Å². The maximum atomic E-state index is 11.8. The van der Waals surface area contributed by atoms with Crippen LogP contribution in [0.1, 0.15) is 5.56 Å². The number of carbonyl (C=O) groups is 1. The zero-order valence-corrected chi connectivity index (χ0v) is 12.4. The van der Waals surface area contributed by atoms with Crippen molar-refractivity contribution in [3.63, 3.8) is 0 Å². The van der Waals surface area contributed by atoms with Gasteiger partial charge in [-0.25, -0.2) is 4.99 Å². The average Bonchev–Trinajstić information content (AvgIpc) is 2.31. The highest BCUT2D eigenvalue weighted by atomic mass is 16.2. The molecule has 0 aliphatic rings. The van der Waals surface area contributed by atoms with Crippen molar-refractivity contribution in [2.75, 3.05) is 26.0 Å². The van der Waals surface area contributed by atoms with Gasteiger partial charge < -0.3 is 27.4 Å². The lowest BCUT2D eigenvalue weighted by Gasteiger charge is -2.12. The summed E-state index contributed by atoms with van der Waals surface area (Å²) in [5, 5.41) is 2.82. The number of nitrogens with zero attached hydrogens (tertiary/aromatic N) is 3. The van der Waals surface area contributed by atoms with Crippen molar-refractivity contribution >= 4 is 29.2 Å². The van der Waals surface area contributed by atoms with Gasteiger partial charge in [0.05, 0.1) is 12.2 Å². The lowest BCUT2D eigenvalue weighted by Crippen LogP contribution is -2.27. The Balaban J connectivity index is 2.95. The van der Waals surface area contributed by atoms with E-state index in [0.717, 1.165) is 5.56 Å². The van der Waals surface area contributed by atoms with Crippen LogP contribution >= 0.6 is 0 Å². The second-order valence-electron chi connectivity index (χ2n) is 4.79. The zero-order valence-electron chi connectivity index (χ0n) is 12.4. The fraction of sp³-hybridized carbons (Fsp3) is 0.308. The second-order valence-corrected chi connectivity index (χ2v) is 4.79.